The van der Waals surface area contributed by atoms with E-state index in [-0.39, 0.29) is 11.7 Å². The minimum absolute atomic E-state index is 0.183. The molecule has 0 fully saturated rings. The molecule has 0 saturated carbocycles. The van der Waals surface area contributed by atoms with Crippen molar-refractivity contribution in [1.82, 2.24) is 4.98 Å². The van der Waals surface area contributed by atoms with Gasteiger partial charge in [-0.05, 0) is 48.9 Å². The molecule has 2 heterocycles. The van der Waals surface area contributed by atoms with Crippen LogP contribution in [0.4, 0.5) is 4.39 Å². The van der Waals surface area contributed by atoms with Crippen molar-refractivity contribution < 1.29 is 13.5 Å². The fourth-order valence-corrected chi connectivity index (χ4v) is 3.64. The van der Waals surface area contributed by atoms with Gasteiger partial charge in [0.2, 0.25) is 5.89 Å². The molecule has 2 aromatic heterocycles. The van der Waals surface area contributed by atoms with Gasteiger partial charge in [0.25, 0.3) is 0 Å². The number of thiophene rings is 1. The maximum atomic E-state index is 13.1. The molecule has 0 spiro atoms. The van der Waals surface area contributed by atoms with Crippen LogP contribution in [0.2, 0.25) is 0 Å². The van der Waals surface area contributed by atoms with E-state index in [9.17, 15) is 9.18 Å². The van der Waals surface area contributed by atoms with Gasteiger partial charge in [-0.15, -0.1) is 11.3 Å². The molecule has 0 aliphatic rings. The maximum Gasteiger partial charge on any atom is 0.348 e. The van der Waals surface area contributed by atoms with E-state index >= 15 is 0 Å². The van der Waals surface area contributed by atoms with Gasteiger partial charge in [-0.2, -0.15) is 0 Å². The van der Waals surface area contributed by atoms with Gasteiger partial charge in [-0.3, -0.25) is 0 Å². The lowest BCUT2D eigenvalue weighted by Gasteiger charge is -2.04. The Morgan fingerprint density at radius 2 is 1.77 bits per heavy atom. The van der Waals surface area contributed by atoms with Crippen LogP contribution < -0.4 is 10.4 Å². The molecule has 0 amide bonds. The highest BCUT2D eigenvalue weighted by molar-refractivity contribution is 7.17. The first kappa shape index (κ1) is 16.5. The fraction of sp³-hybridized carbons (Fsp3) is 0.100. The van der Waals surface area contributed by atoms with Gasteiger partial charge in [0.1, 0.15) is 21.8 Å². The minimum atomic E-state index is -0.459. The lowest BCUT2D eigenvalue weighted by atomic mass is 10.1. The van der Waals surface area contributed by atoms with Crippen molar-refractivity contribution in [3.63, 3.8) is 0 Å². The average molecular weight is 367 g/mol. The number of rotatable bonds is 4. The van der Waals surface area contributed by atoms with E-state index in [1.807, 2.05) is 36.6 Å². The Morgan fingerprint density at radius 3 is 2.46 bits per heavy atom. The molecule has 0 radical (unpaired) electrons. The van der Waals surface area contributed by atoms with Crippen molar-refractivity contribution >= 4 is 21.6 Å². The topological polar surface area (TPSA) is 52.3 Å². The molecule has 130 valence electrons. The van der Waals surface area contributed by atoms with Crippen LogP contribution >= 0.6 is 11.3 Å². The van der Waals surface area contributed by atoms with E-state index in [2.05, 4.69) is 4.98 Å². The first-order valence-corrected chi connectivity index (χ1v) is 8.95. The van der Waals surface area contributed by atoms with Gasteiger partial charge in [0, 0.05) is 16.5 Å². The summed E-state index contributed by atoms with van der Waals surface area (Å²) in [4.78, 5) is 17.6. The van der Waals surface area contributed by atoms with E-state index in [4.69, 9.17) is 9.15 Å². The monoisotopic (exact) mass is 367 g/mol. The number of halogens is 1. The summed E-state index contributed by atoms with van der Waals surface area (Å²) in [6.07, 6.45) is 0. The summed E-state index contributed by atoms with van der Waals surface area (Å²) >= 11 is 1.37. The highest BCUT2D eigenvalue weighted by atomic mass is 32.1. The van der Waals surface area contributed by atoms with Crippen molar-refractivity contribution in [2.45, 2.75) is 6.92 Å². The molecule has 0 unspecified atom stereocenters. The molecule has 0 aliphatic carbocycles. The molecule has 2 aromatic carbocycles. The Balaban J connectivity index is 1.79. The average Bonchev–Trinajstić information content (AvgIpc) is 3.08. The van der Waals surface area contributed by atoms with Gasteiger partial charge in [-0.1, -0.05) is 12.1 Å². The van der Waals surface area contributed by atoms with E-state index in [0.29, 0.717) is 22.4 Å². The predicted octanol–water partition coefficient (Wildman–Crippen LogP) is 5.12. The van der Waals surface area contributed by atoms with Crippen LogP contribution in [0.3, 0.4) is 0 Å². The number of fused-ring (bicyclic) bond motifs is 1. The van der Waals surface area contributed by atoms with Crippen molar-refractivity contribution in [3.8, 4) is 28.3 Å². The van der Waals surface area contributed by atoms with Crippen molar-refractivity contribution in [2.24, 2.45) is 0 Å². The van der Waals surface area contributed by atoms with Crippen LogP contribution in [-0.2, 0) is 0 Å². The second kappa shape index (κ2) is 6.72. The zero-order chi connectivity index (χ0) is 18.1. The Morgan fingerprint density at radius 1 is 1.08 bits per heavy atom. The number of aromatic nitrogens is 1. The molecule has 0 aliphatic heterocycles. The molecule has 0 bridgehead atoms. The van der Waals surface area contributed by atoms with E-state index in [1.165, 1.54) is 35.6 Å². The lowest BCUT2D eigenvalue weighted by molar-refractivity contribution is 0.340. The van der Waals surface area contributed by atoms with E-state index < -0.39 is 5.63 Å². The molecule has 4 rings (SSSR count). The first-order valence-electron chi connectivity index (χ1n) is 8.07. The van der Waals surface area contributed by atoms with Gasteiger partial charge >= 0.3 is 5.63 Å². The van der Waals surface area contributed by atoms with Crippen LogP contribution in [-0.4, -0.2) is 11.6 Å². The zero-order valence-electron chi connectivity index (χ0n) is 13.9. The van der Waals surface area contributed by atoms with Crippen molar-refractivity contribution in [2.75, 3.05) is 6.61 Å². The van der Waals surface area contributed by atoms with Crippen LogP contribution in [0.1, 0.15) is 6.92 Å². The van der Waals surface area contributed by atoms with Crippen LogP contribution in [0, 0.1) is 5.82 Å². The molecular weight excluding hydrogens is 353 g/mol. The van der Waals surface area contributed by atoms with Gasteiger partial charge < -0.3 is 9.15 Å². The Labute approximate surface area is 152 Å². The number of benzene rings is 2. The molecule has 6 heteroatoms. The van der Waals surface area contributed by atoms with E-state index in [1.54, 1.807) is 0 Å². The molecular formula is C20H14FNO3S. The van der Waals surface area contributed by atoms with Crippen LogP contribution in [0.15, 0.2) is 63.1 Å². The van der Waals surface area contributed by atoms with Gasteiger partial charge in [0.05, 0.1) is 6.61 Å². The number of ether oxygens (including phenoxy) is 1. The van der Waals surface area contributed by atoms with Gasteiger partial charge in [0.15, 0.2) is 0 Å². The van der Waals surface area contributed by atoms with Crippen LogP contribution in [0.25, 0.3) is 32.8 Å². The summed E-state index contributed by atoms with van der Waals surface area (Å²) in [7, 11) is 0. The summed E-state index contributed by atoms with van der Waals surface area (Å²) in [6, 6.07) is 13.2. The molecule has 0 N–H and O–H groups in total. The first-order chi connectivity index (χ1) is 12.7. The lowest BCUT2D eigenvalue weighted by Crippen LogP contribution is -2.02. The molecule has 0 atom stereocenters. The molecule has 4 nitrogen and oxygen atoms in total. The fourth-order valence-electron chi connectivity index (χ4n) is 2.71. The maximum absolute atomic E-state index is 13.1. The summed E-state index contributed by atoms with van der Waals surface area (Å²) in [5.74, 6) is 0.605. The largest absolute Gasteiger partial charge is 0.494 e. The third-order valence-electron chi connectivity index (χ3n) is 3.94. The second-order valence-electron chi connectivity index (χ2n) is 5.60. The number of hydrogen-bond donors (Lipinski definition) is 0. The summed E-state index contributed by atoms with van der Waals surface area (Å²) in [5, 5.41) is 2.34. The van der Waals surface area contributed by atoms with Crippen molar-refractivity contribution in [3.05, 3.63) is 70.1 Å². The van der Waals surface area contributed by atoms with Crippen molar-refractivity contribution in [1.29, 1.82) is 0 Å². The Kier molecular flexibility index (Phi) is 4.26. The smallest absolute Gasteiger partial charge is 0.348 e. The van der Waals surface area contributed by atoms with Gasteiger partial charge in [-0.25, -0.2) is 14.2 Å². The zero-order valence-corrected chi connectivity index (χ0v) is 14.7. The third-order valence-corrected chi connectivity index (χ3v) is 4.81. The number of nitrogens with zero attached hydrogens (tertiary/aromatic N) is 1. The van der Waals surface area contributed by atoms with Crippen LogP contribution in [0.5, 0.6) is 5.75 Å². The molecule has 0 saturated heterocycles. The Hall–Kier alpha value is -2.99. The summed E-state index contributed by atoms with van der Waals surface area (Å²) in [5.41, 5.74) is 1.77. The molecule has 26 heavy (non-hydrogen) atoms. The summed E-state index contributed by atoms with van der Waals surface area (Å²) < 4.78 is 23.9. The molecule has 4 aromatic rings. The third kappa shape index (κ3) is 2.99. The highest BCUT2D eigenvalue weighted by Gasteiger charge is 2.15. The minimum Gasteiger partial charge on any atom is -0.494 e. The van der Waals surface area contributed by atoms with E-state index in [0.717, 1.165) is 16.9 Å². The second-order valence-corrected chi connectivity index (χ2v) is 6.46. The Bertz CT molecular complexity index is 1110. The highest BCUT2D eigenvalue weighted by Crippen LogP contribution is 2.33. The predicted molar refractivity (Wildman–Crippen MR) is 100 cm³/mol. The normalized spacial score (nSPS) is 11.0. The SMILES string of the molecule is CCOc1ccc(-c2csc3nc(-c4ccc(F)cc4)oc(=O)c23)cc1. The summed E-state index contributed by atoms with van der Waals surface area (Å²) in [6.45, 7) is 2.52. The number of hydrogen-bond acceptors (Lipinski definition) is 5. The quantitative estimate of drug-likeness (QED) is 0.502. The standard InChI is InChI=1S/C20H14FNO3S/c1-2-24-15-9-5-12(6-10-15)16-11-26-19-17(16)20(23)25-18(22-19)13-3-7-14(21)8-4-13/h3-11H,2H2,1H3.